The van der Waals surface area contributed by atoms with Crippen molar-refractivity contribution in [2.75, 3.05) is 0 Å². The van der Waals surface area contributed by atoms with Gasteiger partial charge in [-0.15, -0.1) is 0 Å². The second kappa shape index (κ2) is 5.66. The zero-order chi connectivity index (χ0) is 16.5. The summed E-state index contributed by atoms with van der Waals surface area (Å²) in [6.45, 7) is 0. The molecule has 0 saturated carbocycles. The Bertz CT molecular complexity index is 1090. The molecular formula is C18H11FN4O. The third-order valence-corrected chi connectivity index (χ3v) is 3.76. The predicted molar refractivity (Wildman–Crippen MR) is 88.8 cm³/mol. The highest BCUT2D eigenvalue weighted by Crippen LogP contribution is 2.33. The second-order valence-corrected chi connectivity index (χ2v) is 5.21. The van der Waals surface area contributed by atoms with Gasteiger partial charge in [-0.2, -0.15) is 0 Å². The van der Waals surface area contributed by atoms with E-state index in [0.717, 1.165) is 11.8 Å². The number of halogens is 1. The molecule has 0 aliphatic carbocycles. The van der Waals surface area contributed by atoms with E-state index >= 15 is 0 Å². The van der Waals surface area contributed by atoms with Crippen molar-refractivity contribution in [3.8, 4) is 22.4 Å². The summed E-state index contributed by atoms with van der Waals surface area (Å²) in [5, 5.41) is 0.404. The van der Waals surface area contributed by atoms with E-state index in [-0.39, 0.29) is 5.43 Å². The van der Waals surface area contributed by atoms with Crippen LogP contribution in [0.1, 0.15) is 0 Å². The van der Waals surface area contributed by atoms with Crippen LogP contribution in [0.2, 0.25) is 0 Å². The molecule has 0 bridgehead atoms. The maximum Gasteiger partial charge on any atom is 0.191 e. The number of nitrogens with one attached hydrogen (secondary N) is 1. The van der Waals surface area contributed by atoms with E-state index in [1.165, 1.54) is 12.3 Å². The minimum atomic E-state index is -0.471. The molecule has 0 saturated heterocycles. The van der Waals surface area contributed by atoms with Crippen molar-refractivity contribution in [2.24, 2.45) is 0 Å². The fourth-order valence-corrected chi connectivity index (χ4v) is 2.63. The first kappa shape index (κ1) is 14.2. The zero-order valence-corrected chi connectivity index (χ0v) is 12.4. The van der Waals surface area contributed by atoms with Crippen molar-refractivity contribution in [3.63, 3.8) is 0 Å². The molecule has 116 valence electrons. The van der Waals surface area contributed by atoms with E-state index < -0.39 is 5.82 Å². The molecule has 5 nitrogen and oxygen atoms in total. The van der Waals surface area contributed by atoms with Crippen LogP contribution in [0.4, 0.5) is 4.39 Å². The third kappa shape index (κ3) is 2.34. The lowest BCUT2D eigenvalue weighted by Gasteiger charge is -2.11. The van der Waals surface area contributed by atoms with Crippen molar-refractivity contribution < 1.29 is 4.39 Å². The summed E-state index contributed by atoms with van der Waals surface area (Å²) in [6, 6.07) is 8.23. The number of aromatic amines is 1. The van der Waals surface area contributed by atoms with Crippen LogP contribution >= 0.6 is 0 Å². The predicted octanol–water partition coefficient (Wildman–Crippen LogP) is 3.19. The van der Waals surface area contributed by atoms with Crippen LogP contribution in [0, 0.1) is 5.82 Å². The van der Waals surface area contributed by atoms with E-state index in [1.54, 1.807) is 42.9 Å². The lowest BCUT2D eigenvalue weighted by Crippen LogP contribution is -2.04. The highest BCUT2D eigenvalue weighted by Gasteiger charge is 2.15. The largest absolute Gasteiger partial charge is 0.346 e. The molecule has 4 rings (SSSR count). The first-order valence-electron chi connectivity index (χ1n) is 7.27. The fourth-order valence-electron chi connectivity index (χ4n) is 2.63. The molecule has 0 unspecified atom stereocenters. The molecule has 0 amide bonds. The van der Waals surface area contributed by atoms with Crippen molar-refractivity contribution in [1.82, 2.24) is 19.9 Å². The maximum absolute atomic E-state index is 14.3. The zero-order valence-electron chi connectivity index (χ0n) is 12.4. The Morgan fingerprint density at radius 1 is 0.958 bits per heavy atom. The van der Waals surface area contributed by atoms with Gasteiger partial charge in [-0.1, -0.05) is 0 Å². The maximum atomic E-state index is 14.3. The third-order valence-electron chi connectivity index (χ3n) is 3.76. The SMILES string of the molecule is O=c1cc[nH]c2nc(-c3ccncc3)c(-c3ccncc3F)cc12. The van der Waals surface area contributed by atoms with Gasteiger partial charge in [-0.3, -0.25) is 14.8 Å². The smallest absolute Gasteiger partial charge is 0.191 e. The van der Waals surface area contributed by atoms with Crippen molar-refractivity contribution in [2.45, 2.75) is 0 Å². The Morgan fingerprint density at radius 2 is 1.75 bits per heavy atom. The average Bonchev–Trinajstić information content (AvgIpc) is 2.62. The van der Waals surface area contributed by atoms with Crippen LogP contribution in [0.25, 0.3) is 33.4 Å². The van der Waals surface area contributed by atoms with E-state index in [2.05, 4.69) is 19.9 Å². The Morgan fingerprint density at radius 3 is 2.54 bits per heavy atom. The molecule has 4 heterocycles. The van der Waals surface area contributed by atoms with Gasteiger partial charge in [-0.25, -0.2) is 9.37 Å². The molecule has 24 heavy (non-hydrogen) atoms. The van der Waals surface area contributed by atoms with Gasteiger partial charge in [0.15, 0.2) is 5.43 Å². The van der Waals surface area contributed by atoms with Crippen LogP contribution in [0.15, 0.2) is 66.1 Å². The summed E-state index contributed by atoms with van der Waals surface area (Å²) in [7, 11) is 0. The number of hydrogen-bond donors (Lipinski definition) is 1. The number of H-pyrrole nitrogens is 1. The highest BCUT2D eigenvalue weighted by atomic mass is 19.1. The Hall–Kier alpha value is -3.41. The molecule has 0 spiro atoms. The van der Waals surface area contributed by atoms with Gasteiger partial charge >= 0.3 is 0 Å². The molecule has 0 atom stereocenters. The minimum absolute atomic E-state index is 0.173. The Balaban J connectivity index is 2.11. The van der Waals surface area contributed by atoms with Crippen LogP contribution in [0.3, 0.4) is 0 Å². The quantitative estimate of drug-likeness (QED) is 0.616. The summed E-state index contributed by atoms with van der Waals surface area (Å²) in [4.78, 5) is 27.4. The lowest BCUT2D eigenvalue weighted by atomic mass is 9.99. The minimum Gasteiger partial charge on any atom is -0.346 e. The van der Waals surface area contributed by atoms with Crippen LogP contribution in [0.5, 0.6) is 0 Å². The normalized spacial score (nSPS) is 10.9. The second-order valence-electron chi connectivity index (χ2n) is 5.21. The lowest BCUT2D eigenvalue weighted by molar-refractivity contribution is 0.625. The molecule has 0 aliphatic heterocycles. The van der Waals surface area contributed by atoms with Gasteiger partial charge in [0.25, 0.3) is 0 Å². The molecule has 0 radical (unpaired) electrons. The molecule has 6 heteroatoms. The van der Waals surface area contributed by atoms with Gasteiger partial charge in [0, 0.05) is 47.5 Å². The summed E-state index contributed by atoms with van der Waals surface area (Å²) in [6.07, 6.45) is 7.48. The molecular weight excluding hydrogens is 307 g/mol. The van der Waals surface area contributed by atoms with E-state index in [1.807, 2.05) is 0 Å². The van der Waals surface area contributed by atoms with E-state index in [4.69, 9.17) is 0 Å². The molecule has 4 aromatic heterocycles. The summed E-state index contributed by atoms with van der Waals surface area (Å²) in [5.41, 5.74) is 2.50. The monoisotopic (exact) mass is 318 g/mol. The van der Waals surface area contributed by atoms with Crippen molar-refractivity contribution in [1.29, 1.82) is 0 Å². The molecule has 0 fully saturated rings. The Labute approximate surface area is 135 Å². The van der Waals surface area contributed by atoms with E-state index in [9.17, 15) is 9.18 Å². The number of hydrogen-bond acceptors (Lipinski definition) is 4. The van der Waals surface area contributed by atoms with Gasteiger partial charge < -0.3 is 4.98 Å². The van der Waals surface area contributed by atoms with Gasteiger partial charge in [0.05, 0.1) is 17.3 Å². The molecule has 1 N–H and O–H groups in total. The summed E-state index contributed by atoms with van der Waals surface area (Å²) in [5.74, 6) is -0.471. The Kier molecular flexibility index (Phi) is 3.35. The van der Waals surface area contributed by atoms with Gasteiger partial charge in [0.2, 0.25) is 0 Å². The van der Waals surface area contributed by atoms with Crippen molar-refractivity contribution in [3.05, 3.63) is 77.4 Å². The molecule has 0 aromatic carbocycles. The van der Waals surface area contributed by atoms with Crippen LogP contribution in [-0.2, 0) is 0 Å². The number of nitrogens with zero attached hydrogens (tertiary/aromatic N) is 3. The molecule has 0 aliphatic rings. The van der Waals surface area contributed by atoms with E-state index in [0.29, 0.717) is 27.9 Å². The fraction of sp³-hybridized carbons (Fsp3) is 0. The first-order valence-corrected chi connectivity index (χ1v) is 7.27. The number of fused-ring (bicyclic) bond motifs is 1. The number of pyridine rings is 4. The number of rotatable bonds is 2. The molecule has 4 aromatic rings. The standard InChI is InChI=1S/C18H11FN4O/c19-15-10-21-7-3-12(15)13-9-14-16(24)4-8-22-18(14)23-17(13)11-1-5-20-6-2-11/h1-10H,(H,22,23,24). The van der Waals surface area contributed by atoms with Gasteiger partial charge in [0.1, 0.15) is 11.5 Å². The highest BCUT2D eigenvalue weighted by molar-refractivity contribution is 5.89. The topological polar surface area (TPSA) is 71.5 Å². The van der Waals surface area contributed by atoms with Crippen LogP contribution in [-0.4, -0.2) is 19.9 Å². The van der Waals surface area contributed by atoms with Crippen LogP contribution < -0.4 is 5.43 Å². The summed E-state index contributed by atoms with van der Waals surface area (Å²) >= 11 is 0. The summed E-state index contributed by atoms with van der Waals surface area (Å²) < 4.78 is 14.3. The van der Waals surface area contributed by atoms with Gasteiger partial charge in [-0.05, 0) is 24.3 Å². The van der Waals surface area contributed by atoms with Crippen molar-refractivity contribution >= 4 is 11.0 Å². The first-order chi connectivity index (χ1) is 11.7. The number of aromatic nitrogens is 4. The average molecular weight is 318 g/mol.